The average molecular weight is 337 g/mol. The first-order chi connectivity index (χ1) is 12.0. The number of nitrogens with one attached hydrogen (secondary N) is 1. The van der Waals surface area contributed by atoms with E-state index in [2.05, 4.69) is 10.4 Å². The number of anilines is 1. The van der Waals surface area contributed by atoms with Crippen molar-refractivity contribution in [3.63, 3.8) is 0 Å². The number of aromatic nitrogens is 2. The van der Waals surface area contributed by atoms with Gasteiger partial charge in [0.05, 0.1) is 5.69 Å². The van der Waals surface area contributed by atoms with Crippen molar-refractivity contribution in [1.82, 2.24) is 9.78 Å². The van der Waals surface area contributed by atoms with E-state index >= 15 is 0 Å². The first-order valence-corrected chi connectivity index (χ1v) is 7.72. The molecule has 1 N–H and O–H groups in total. The molecule has 0 aliphatic heterocycles. The summed E-state index contributed by atoms with van der Waals surface area (Å²) in [6.07, 6.45) is 0. The normalized spacial score (nSPS) is 10.5. The number of carbonyl (C=O) groups excluding carboxylic acids is 1. The molecule has 0 aliphatic rings. The summed E-state index contributed by atoms with van der Waals surface area (Å²) in [4.78, 5) is 24.1. The Labute approximate surface area is 143 Å². The van der Waals surface area contributed by atoms with E-state index in [1.165, 1.54) is 18.2 Å². The molecule has 0 radical (unpaired) electrons. The maximum Gasteiger partial charge on any atom is 0.267 e. The summed E-state index contributed by atoms with van der Waals surface area (Å²) >= 11 is 0. The van der Waals surface area contributed by atoms with Crippen molar-refractivity contribution in [3.05, 3.63) is 82.4 Å². The fourth-order valence-electron chi connectivity index (χ4n) is 2.35. The second kappa shape index (κ2) is 7.09. The number of halogens is 1. The molecule has 0 unspecified atom stereocenters. The molecule has 0 saturated heterocycles. The summed E-state index contributed by atoms with van der Waals surface area (Å²) in [5, 5.41) is 6.81. The lowest BCUT2D eigenvalue weighted by atomic mass is 10.1. The maximum atomic E-state index is 13.9. The van der Waals surface area contributed by atoms with Gasteiger partial charge in [-0.1, -0.05) is 29.8 Å². The van der Waals surface area contributed by atoms with Crippen molar-refractivity contribution in [3.8, 4) is 11.3 Å². The highest BCUT2D eigenvalue weighted by Crippen LogP contribution is 2.18. The van der Waals surface area contributed by atoms with Crippen LogP contribution in [-0.4, -0.2) is 15.7 Å². The average Bonchev–Trinajstić information content (AvgIpc) is 2.59. The second-order valence-corrected chi connectivity index (χ2v) is 5.61. The van der Waals surface area contributed by atoms with Crippen LogP contribution in [0, 0.1) is 12.7 Å². The molecule has 1 aromatic heterocycles. The molecular weight excluding hydrogens is 321 g/mol. The van der Waals surface area contributed by atoms with Gasteiger partial charge in [0.25, 0.3) is 5.56 Å². The van der Waals surface area contributed by atoms with Gasteiger partial charge in [0, 0.05) is 17.3 Å². The highest BCUT2D eigenvalue weighted by atomic mass is 19.1. The van der Waals surface area contributed by atoms with Crippen molar-refractivity contribution in [1.29, 1.82) is 0 Å². The summed E-state index contributed by atoms with van der Waals surface area (Å²) in [6.45, 7) is 1.69. The lowest BCUT2D eigenvalue weighted by Gasteiger charge is -2.09. The zero-order chi connectivity index (χ0) is 17.8. The number of carbonyl (C=O) groups is 1. The van der Waals surface area contributed by atoms with E-state index in [0.29, 0.717) is 11.4 Å². The van der Waals surface area contributed by atoms with Crippen LogP contribution in [0.25, 0.3) is 11.3 Å². The quantitative estimate of drug-likeness (QED) is 0.796. The SMILES string of the molecule is Cc1ccc(NC(=O)Cn2nc(-c3ccccc3F)ccc2=O)cc1. The van der Waals surface area contributed by atoms with Crippen LogP contribution in [0.1, 0.15) is 5.56 Å². The van der Waals surface area contributed by atoms with Crippen molar-refractivity contribution < 1.29 is 9.18 Å². The highest BCUT2D eigenvalue weighted by Gasteiger charge is 2.10. The molecule has 0 spiro atoms. The first kappa shape index (κ1) is 16.6. The third-order valence-electron chi connectivity index (χ3n) is 3.65. The van der Waals surface area contributed by atoms with E-state index in [-0.39, 0.29) is 18.0 Å². The predicted molar refractivity (Wildman–Crippen MR) is 93.7 cm³/mol. The number of aryl methyl sites for hydroxylation is 1. The Morgan fingerprint density at radius 2 is 1.80 bits per heavy atom. The number of benzene rings is 2. The van der Waals surface area contributed by atoms with Gasteiger partial charge in [-0.3, -0.25) is 9.59 Å². The molecule has 1 amide bonds. The molecule has 3 aromatic rings. The van der Waals surface area contributed by atoms with Crippen LogP contribution in [-0.2, 0) is 11.3 Å². The van der Waals surface area contributed by atoms with Gasteiger partial charge < -0.3 is 5.32 Å². The van der Waals surface area contributed by atoms with Crippen molar-refractivity contribution in [2.24, 2.45) is 0 Å². The minimum atomic E-state index is -0.440. The molecule has 3 rings (SSSR count). The zero-order valence-electron chi connectivity index (χ0n) is 13.6. The Morgan fingerprint density at radius 3 is 2.52 bits per heavy atom. The smallest absolute Gasteiger partial charge is 0.267 e. The monoisotopic (exact) mass is 337 g/mol. The van der Waals surface area contributed by atoms with Crippen molar-refractivity contribution >= 4 is 11.6 Å². The van der Waals surface area contributed by atoms with Crippen LogP contribution < -0.4 is 10.9 Å². The third kappa shape index (κ3) is 3.98. The maximum absolute atomic E-state index is 13.9. The molecule has 0 atom stereocenters. The summed E-state index contributed by atoms with van der Waals surface area (Å²) < 4.78 is 14.9. The van der Waals surface area contributed by atoms with Gasteiger partial charge in [0.1, 0.15) is 12.4 Å². The minimum absolute atomic E-state index is 0.255. The largest absolute Gasteiger partial charge is 0.324 e. The number of hydrogen-bond donors (Lipinski definition) is 1. The topological polar surface area (TPSA) is 64.0 Å². The molecule has 1 heterocycles. The third-order valence-corrected chi connectivity index (χ3v) is 3.65. The van der Waals surface area contributed by atoms with Crippen LogP contribution in [0.4, 0.5) is 10.1 Å². The number of hydrogen-bond acceptors (Lipinski definition) is 3. The van der Waals surface area contributed by atoms with Crippen LogP contribution in [0.15, 0.2) is 65.5 Å². The standard InChI is InChI=1S/C19H16FN3O2/c1-13-6-8-14(9-7-13)21-18(24)12-23-19(25)11-10-17(22-23)15-4-2-3-5-16(15)20/h2-11H,12H2,1H3,(H,21,24). The van der Waals surface area contributed by atoms with E-state index in [1.807, 2.05) is 19.1 Å². The van der Waals surface area contributed by atoms with Crippen molar-refractivity contribution in [2.75, 3.05) is 5.32 Å². The Bertz CT molecular complexity index is 965. The van der Waals surface area contributed by atoms with Crippen LogP contribution in [0.3, 0.4) is 0 Å². The zero-order valence-corrected chi connectivity index (χ0v) is 13.6. The van der Waals surface area contributed by atoms with E-state index < -0.39 is 11.4 Å². The molecule has 0 fully saturated rings. The summed E-state index contributed by atoms with van der Waals surface area (Å²) in [6, 6.07) is 16.2. The van der Waals surface area contributed by atoms with E-state index in [1.54, 1.807) is 30.3 Å². The van der Waals surface area contributed by atoms with Crippen LogP contribution in [0.2, 0.25) is 0 Å². The molecule has 2 aromatic carbocycles. The molecule has 0 bridgehead atoms. The Balaban J connectivity index is 1.81. The van der Waals surface area contributed by atoms with Crippen molar-refractivity contribution in [2.45, 2.75) is 13.5 Å². The molecule has 126 valence electrons. The molecule has 5 nitrogen and oxygen atoms in total. The summed E-state index contributed by atoms with van der Waals surface area (Å²) in [5.41, 5.74) is 1.84. The summed E-state index contributed by atoms with van der Waals surface area (Å²) in [7, 11) is 0. The fraction of sp³-hybridized carbons (Fsp3) is 0.105. The van der Waals surface area contributed by atoms with Gasteiger partial charge in [-0.2, -0.15) is 5.10 Å². The Morgan fingerprint density at radius 1 is 1.08 bits per heavy atom. The van der Waals surface area contributed by atoms with Gasteiger partial charge in [0.2, 0.25) is 5.91 Å². The van der Waals surface area contributed by atoms with E-state index in [9.17, 15) is 14.0 Å². The molecule has 0 saturated carbocycles. The number of rotatable bonds is 4. The van der Waals surface area contributed by atoms with Gasteiger partial charge in [-0.05, 0) is 37.3 Å². The van der Waals surface area contributed by atoms with E-state index in [0.717, 1.165) is 10.2 Å². The number of nitrogens with zero attached hydrogens (tertiary/aromatic N) is 2. The van der Waals surface area contributed by atoms with Gasteiger partial charge in [-0.15, -0.1) is 0 Å². The van der Waals surface area contributed by atoms with Gasteiger partial charge in [-0.25, -0.2) is 9.07 Å². The number of amides is 1. The molecule has 6 heteroatoms. The van der Waals surface area contributed by atoms with E-state index in [4.69, 9.17) is 0 Å². The first-order valence-electron chi connectivity index (χ1n) is 7.72. The predicted octanol–water partition coefficient (Wildman–Crippen LogP) is 3.00. The highest BCUT2D eigenvalue weighted by molar-refractivity contribution is 5.90. The molecular formula is C19H16FN3O2. The van der Waals surface area contributed by atoms with Gasteiger partial charge in [0.15, 0.2) is 0 Å². The lowest BCUT2D eigenvalue weighted by molar-refractivity contribution is -0.117. The van der Waals surface area contributed by atoms with Gasteiger partial charge >= 0.3 is 0 Å². The lowest BCUT2D eigenvalue weighted by Crippen LogP contribution is -2.29. The van der Waals surface area contributed by atoms with Crippen LogP contribution >= 0.6 is 0 Å². The Kier molecular flexibility index (Phi) is 4.70. The minimum Gasteiger partial charge on any atom is -0.324 e. The second-order valence-electron chi connectivity index (χ2n) is 5.61. The molecule has 0 aliphatic carbocycles. The fourth-order valence-corrected chi connectivity index (χ4v) is 2.35. The Hall–Kier alpha value is -3.28. The summed E-state index contributed by atoms with van der Waals surface area (Å²) in [5.74, 6) is -0.826. The molecule has 25 heavy (non-hydrogen) atoms. The van der Waals surface area contributed by atoms with Crippen LogP contribution in [0.5, 0.6) is 0 Å².